The Morgan fingerprint density at radius 1 is 1.16 bits per heavy atom. The highest BCUT2D eigenvalue weighted by molar-refractivity contribution is 7.89. The quantitative estimate of drug-likeness (QED) is 0.867. The van der Waals surface area contributed by atoms with Gasteiger partial charge in [-0.05, 0) is 26.7 Å². The van der Waals surface area contributed by atoms with Crippen LogP contribution >= 0.6 is 0 Å². The maximum atomic E-state index is 12.5. The van der Waals surface area contributed by atoms with Crippen LogP contribution in [0.3, 0.4) is 0 Å². The number of sulfonamides is 1. The summed E-state index contributed by atoms with van der Waals surface area (Å²) >= 11 is 0. The zero-order chi connectivity index (χ0) is 17.9. The van der Waals surface area contributed by atoms with Crippen molar-refractivity contribution in [2.45, 2.75) is 37.9 Å². The van der Waals surface area contributed by atoms with E-state index in [1.165, 1.54) is 0 Å². The lowest BCUT2D eigenvalue weighted by Gasteiger charge is -2.33. The molecule has 1 aliphatic heterocycles. The first-order valence-electron chi connectivity index (χ1n) is 8.31. The predicted molar refractivity (Wildman–Crippen MR) is 95.0 cm³/mol. The SMILES string of the molecule is CC(C)S(=O)(=O)N1CCCC(c2nccnc2Nc2cnccn2)C1. The van der Waals surface area contributed by atoms with Crippen LogP contribution in [0, 0.1) is 0 Å². The van der Waals surface area contributed by atoms with E-state index in [2.05, 4.69) is 25.3 Å². The number of hydrogen-bond donors (Lipinski definition) is 1. The van der Waals surface area contributed by atoms with Crippen molar-refractivity contribution in [1.29, 1.82) is 0 Å². The minimum atomic E-state index is -3.27. The molecule has 0 bridgehead atoms. The maximum absolute atomic E-state index is 12.5. The van der Waals surface area contributed by atoms with Crippen molar-refractivity contribution in [3.8, 4) is 0 Å². The van der Waals surface area contributed by atoms with E-state index in [0.717, 1.165) is 18.5 Å². The molecule has 0 saturated carbocycles. The van der Waals surface area contributed by atoms with Crippen molar-refractivity contribution in [2.75, 3.05) is 18.4 Å². The minimum Gasteiger partial charge on any atom is -0.322 e. The van der Waals surface area contributed by atoms with Gasteiger partial charge in [0.1, 0.15) is 5.82 Å². The molecule has 1 fully saturated rings. The van der Waals surface area contributed by atoms with Gasteiger partial charge in [0.15, 0.2) is 5.82 Å². The van der Waals surface area contributed by atoms with Crippen molar-refractivity contribution in [3.63, 3.8) is 0 Å². The molecule has 2 aromatic rings. The van der Waals surface area contributed by atoms with Crippen LogP contribution < -0.4 is 5.32 Å². The molecule has 0 spiro atoms. The molecule has 3 heterocycles. The van der Waals surface area contributed by atoms with Crippen molar-refractivity contribution in [3.05, 3.63) is 36.7 Å². The fraction of sp³-hybridized carbons (Fsp3) is 0.500. The molecule has 2 aromatic heterocycles. The summed E-state index contributed by atoms with van der Waals surface area (Å²) < 4.78 is 26.6. The smallest absolute Gasteiger partial charge is 0.216 e. The third-order valence-electron chi connectivity index (χ3n) is 4.26. The van der Waals surface area contributed by atoms with Crippen LogP contribution in [0.25, 0.3) is 0 Å². The normalized spacial score (nSPS) is 19.1. The summed E-state index contributed by atoms with van der Waals surface area (Å²) in [7, 11) is -3.27. The van der Waals surface area contributed by atoms with Gasteiger partial charge in [0, 0.05) is 43.8 Å². The van der Waals surface area contributed by atoms with Crippen LogP contribution in [0.4, 0.5) is 11.6 Å². The Morgan fingerprint density at radius 3 is 2.64 bits per heavy atom. The number of nitrogens with zero attached hydrogens (tertiary/aromatic N) is 5. The number of anilines is 2. The molecule has 0 radical (unpaired) electrons. The molecule has 9 heteroatoms. The molecule has 8 nitrogen and oxygen atoms in total. The van der Waals surface area contributed by atoms with Gasteiger partial charge >= 0.3 is 0 Å². The van der Waals surface area contributed by atoms with Crippen LogP contribution in [-0.4, -0.2) is 51.0 Å². The average Bonchev–Trinajstić information content (AvgIpc) is 2.63. The van der Waals surface area contributed by atoms with Gasteiger partial charge in [-0.2, -0.15) is 0 Å². The van der Waals surface area contributed by atoms with Gasteiger partial charge in [-0.25, -0.2) is 22.7 Å². The standard InChI is InChI=1S/C16H22N6O2S/c1-12(2)25(23,24)22-9-3-4-13(11-22)15-16(20-8-7-19-15)21-14-10-17-5-6-18-14/h5-8,10,12-13H,3-4,9,11H2,1-2H3,(H,18,20,21). The number of piperidine rings is 1. The van der Waals surface area contributed by atoms with Gasteiger partial charge in [0.2, 0.25) is 10.0 Å². The van der Waals surface area contributed by atoms with E-state index in [0.29, 0.717) is 24.7 Å². The van der Waals surface area contributed by atoms with Crippen molar-refractivity contribution >= 4 is 21.7 Å². The molecule has 1 unspecified atom stereocenters. The lowest BCUT2D eigenvalue weighted by Crippen LogP contribution is -2.42. The molecule has 1 saturated heterocycles. The Labute approximate surface area is 147 Å². The highest BCUT2D eigenvalue weighted by Crippen LogP contribution is 2.31. The van der Waals surface area contributed by atoms with Gasteiger partial charge in [0.25, 0.3) is 0 Å². The largest absolute Gasteiger partial charge is 0.322 e. The van der Waals surface area contributed by atoms with Gasteiger partial charge in [-0.3, -0.25) is 9.97 Å². The Bertz CT molecular complexity index is 812. The molecule has 1 N–H and O–H groups in total. The second-order valence-corrected chi connectivity index (χ2v) is 8.79. The summed E-state index contributed by atoms with van der Waals surface area (Å²) in [5, 5.41) is 2.71. The summed E-state index contributed by atoms with van der Waals surface area (Å²) in [5.41, 5.74) is 0.761. The first-order valence-corrected chi connectivity index (χ1v) is 9.81. The third-order valence-corrected chi connectivity index (χ3v) is 6.51. The van der Waals surface area contributed by atoms with E-state index >= 15 is 0 Å². The van der Waals surface area contributed by atoms with Gasteiger partial charge in [0.05, 0.1) is 17.1 Å². The molecule has 134 valence electrons. The topological polar surface area (TPSA) is 101 Å². The van der Waals surface area contributed by atoms with Crippen molar-refractivity contribution < 1.29 is 8.42 Å². The van der Waals surface area contributed by atoms with Crippen molar-refractivity contribution in [1.82, 2.24) is 24.2 Å². The summed E-state index contributed by atoms with van der Waals surface area (Å²) in [6.07, 6.45) is 9.71. The van der Waals surface area contributed by atoms with Crippen LogP contribution in [0.1, 0.15) is 38.3 Å². The Balaban J connectivity index is 1.84. The molecule has 1 atom stereocenters. The first kappa shape index (κ1) is 17.7. The number of aromatic nitrogens is 4. The summed E-state index contributed by atoms with van der Waals surface area (Å²) in [4.78, 5) is 17.0. The van der Waals surface area contributed by atoms with E-state index in [9.17, 15) is 8.42 Å². The maximum Gasteiger partial charge on any atom is 0.216 e. The molecular weight excluding hydrogens is 340 g/mol. The highest BCUT2D eigenvalue weighted by atomic mass is 32.2. The van der Waals surface area contributed by atoms with Crippen LogP contribution in [-0.2, 0) is 10.0 Å². The molecular formula is C16H22N6O2S. The van der Waals surface area contributed by atoms with E-state index in [1.807, 2.05) is 0 Å². The second-order valence-electron chi connectivity index (χ2n) is 6.30. The molecule has 0 amide bonds. The molecule has 1 aliphatic rings. The fourth-order valence-corrected chi connectivity index (χ4v) is 4.29. The van der Waals surface area contributed by atoms with E-state index in [-0.39, 0.29) is 5.92 Å². The van der Waals surface area contributed by atoms with Gasteiger partial charge in [-0.1, -0.05) is 0 Å². The predicted octanol–water partition coefficient (Wildman–Crippen LogP) is 1.93. The molecule has 3 rings (SSSR count). The summed E-state index contributed by atoms with van der Waals surface area (Å²) in [6.45, 7) is 4.41. The minimum absolute atomic E-state index is 0.00449. The van der Waals surface area contributed by atoms with Crippen LogP contribution in [0.5, 0.6) is 0 Å². The lowest BCUT2D eigenvalue weighted by atomic mass is 9.95. The number of nitrogens with one attached hydrogen (secondary N) is 1. The first-order chi connectivity index (χ1) is 12.0. The van der Waals surface area contributed by atoms with E-state index in [4.69, 9.17) is 0 Å². The fourth-order valence-electron chi connectivity index (χ4n) is 2.92. The zero-order valence-electron chi connectivity index (χ0n) is 14.3. The average molecular weight is 362 g/mol. The lowest BCUT2D eigenvalue weighted by molar-refractivity contribution is 0.310. The van der Waals surface area contributed by atoms with Gasteiger partial charge < -0.3 is 5.32 Å². The Hall–Kier alpha value is -2.13. The van der Waals surface area contributed by atoms with E-state index in [1.54, 1.807) is 49.1 Å². The Kier molecular flexibility index (Phi) is 5.24. The summed E-state index contributed by atoms with van der Waals surface area (Å²) in [5.74, 6) is 1.17. The molecule has 25 heavy (non-hydrogen) atoms. The monoisotopic (exact) mass is 362 g/mol. The second kappa shape index (κ2) is 7.40. The van der Waals surface area contributed by atoms with Crippen molar-refractivity contribution in [2.24, 2.45) is 0 Å². The van der Waals surface area contributed by atoms with E-state index < -0.39 is 15.3 Å². The van der Waals surface area contributed by atoms with Crippen LogP contribution in [0.2, 0.25) is 0 Å². The highest BCUT2D eigenvalue weighted by Gasteiger charge is 2.33. The zero-order valence-corrected chi connectivity index (χ0v) is 15.1. The summed E-state index contributed by atoms with van der Waals surface area (Å²) in [6, 6.07) is 0. The molecule has 0 aliphatic carbocycles. The Morgan fingerprint density at radius 2 is 1.92 bits per heavy atom. The van der Waals surface area contributed by atoms with Crippen LogP contribution in [0.15, 0.2) is 31.0 Å². The number of rotatable bonds is 5. The van der Waals surface area contributed by atoms with Gasteiger partial charge in [-0.15, -0.1) is 0 Å². The molecule has 0 aromatic carbocycles. The third kappa shape index (κ3) is 3.93. The number of hydrogen-bond acceptors (Lipinski definition) is 7.